The van der Waals surface area contributed by atoms with Crippen molar-refractivity contribution in [2.24, 2.45) is 23.7 Å². The molecule has 3 aliphatic rings. The fourth-order valence-corrected chi connectivity index (χ4v) is 6.00. The molecule has 1 saturated carbocycles. The van der Waals surface area contributed by atoms with Gasteiger partial charge in [0.05, 0.1) is 12.0 Å². The van der Waals surface area contributed by atoms with Gasteiger partial charge in [-0.3, -0.25) is 9.59 Å². The highest BCUT2D eigenvalue weighted by Gasteiger charge is 2.67. The minimum Gasteiger partial charge on any atom is -0.445 e. The summed E-state index contributed by atoms with van der Waals surface area (Å²) in [5, 5.41) is 14.4. The summed E-state index contributed by atoms with van der Waals surface area (Å²) >= 11 is 0. The molecule has 186 valence electrons. The number of allylic oxidation sites excluding steroid dienone is 2. The molecule has 1 spiro atoms. The highest BCUT2D eigenvalue weighted by atomic mass is 16.6. The molecule has 1 amide bonds. The van der Waals surface area contributed by atoms with Crippen molar-refractivity contribution in [2.45, 2.75) is 63.7 Å². The topological polar surface area (TPSA) is 92.7 Å². The molecule has 1 aliphatic carbocycles. The average Bonchev–Trinajstić information content (AvgIpc) is 3.09. The van der Waals surface area contributed by atoms with Crippen LogP contribution < -0.4 is 5.32 Å². The van der Waals surface area contributed by atoms with E-state index in [1.165, 1.54) is 6.08 Å². The Hall–Kier alpha value is -2.99. The molecule has 6 nitrogen and oxygen atoms in total. The summed E-state index contributed by atoms with van der Waals surface area (Å²) in [6.45, 7) is 8.21. The van der Waals surface area contributed by atoms with Crippen molar-refractivity contribution >= 4 is 17.7 Å². The number of esters is 1. The molecule has 1 aromatic rings. The quantitative estimate of drug-likeness (QED) is 0.501. The Kier molecular flexibility index (Phi) is 7.41. The number of benzene rings is 1. The molecule has 2 heterocycles. The van der Waals surface area contributed by atoms with Crippen LogP contribution in [-0.2, 0) is 25.5 Å². The number of amides is 1. The first-order chi connectivity index (χ1) is 16.7. The van der Waals surface area contributed by atoms with Crippen LogP contribution >= 0.6 is 0 Å². The molecule has 7 atom stereocenters. The summed E-state index contributed by atoms with van der Waals surface area (Å²) in [5.41, 5.74) is 0.0801. The smallest absolute Gasteiger partial charge is 0.331 e. The van der Waals surface area contributed by atoms with Crippen molar-refractivity contribution in [2.75, 3.05) is 0 Å². The maximum absolute atomic E-state index is 13.7. The maximum Gasteiger partial charge on any atom is 0.331 e. The third-order valence-electron chi connectivity index (χ3n) is 7.91. The van der Waals surface area contributed by atoms with Gasteiger partial charge >= 0.3 is 5.97 Å². The Labute approximate surface area is 207 Å². The molecule has 2 N–H and O–H groups in total. The molecule has 1 aromatic carbocycles. The highest BCUT2D eigenvalue weighted by molar-refractivity contribution is 5.98. The van der Waals surface area contributed by atoms with E-state index in [0.717, 1.165) is 30.9 Å². The lowest BCUT2D eigenvalue weighted by molar-refractivity contribution is -0.182. The van der Waals surface area contributed by atoms with Crippen molar-refractivity contribution in [1.29, 1.82) is 0 Å². The Morgan fingerprint density at radius 2 is 1.89 bits per heavy atom. The molecule has 2 fully saturated rings. The number of ether oxygens (including phenoxy) is 1. The van der Waals surface area contributed by atoms with Gasteiger partial charge < -0.3 is 15.2 Å². The predicted octanol–water partition coefficient (Wildman–Crippen LogP) is 3.70. The van der Waals surface area contributed by atoms with Crippen LogP contribution in [0.15, 0.2) is 66.8 Å². The van der Waals surface area contributed by atoms with Crippen LogP contribution in [0, 0.1) is 23.7 Å². The summed E-state index contributed by atoms with van der Waals surface area (Å²) in [7, 11) is 0. The first-order valence-corrected chi connectivity index (χ1v) is 12.6. The maximum atomic E-state index is 13.7. The fraction of sp³-hybridized carbons (Fsp3) is 0.483. The fourth-order valence-electron chi connectivity index (χ4n) is 6.00. The van der Waals surface area contributed by atoms with E-state index in [-0.39, 0.29) is 17.7 Å². The molecule has 0 radical (unpaired) electrons. The number of carbonyl (C=O) groups excluding carboxylic acids is 3. The van der Waals surface area contributed by atoms with Gasteiger partial charge in [0.25, 0.3) is 5.91 Å². The van der Waals surface area contributed by atoms with E-state index in [4.69, 9.17) is 4.74 Å². The van der Waals surface area contributed by atoms with Gasteiger partial charge in [0, 0.05) is 24.5 Å². The van der Waals surface area contributed by atoms with Crippen LogP contribution in [0.1, 0.15) is 45.1 Å². The van der Waals surface area contributed by atoms with Gasteiger partial charge in [0.1, 0.15) is 0 Å². The number of aliphatic hydroxyl groups is 1. The lowest BCUT2D eigenvalue weighted by Gasteiger charge is -2.49. The first kappa shape index (κ1) is 25.1. The van der Waals surface area contributed by atoms with Crippen LogP contribution in [0.3, 0.4) is 0 Å². The van der Waals surface area contributed by atoms with Crippen molar-refractivity contribution < 1.29 is 24.2 Å². The Morgan fingerprint density at radius 1 is 1.14 bits per heavy atom. The second-order valence-electron chi connectivity index (χ2n) is 10.3. The van der Waals surface area contributed by atoms with E-state index >= 15 is 0 Å². The van der Waals surface area contributed by atoms with Crippen LogP contribution in [-0.4, -0.2) is 40.5 Å². The molecular weight excluding hydrogens is 442 g/mol. The summed E-state index contributed by atoms with van der Waals surface area (Å²) in [6, 6.07) is 9.53. The average molecular weight is 478 g/mol. The number of hydrogen-bond acceptors (Lipinski definition) is 5. The monoisotopic (exact) mass is 477 g/mol. The van der Waals surface area contributed by atoms with E-state index in [0.29, 0.717) is 24.3 Å². The lowest BCUT2D eigenvalue weighted by Crippen LogP contribution is -2.61. The normalized spacial score (nSPS) is 36.1. The van der Waals surface area contributed by atoms with E-state index in [9.17, 15) is 19.5 Å². The Balaban J connectivity index is 1.79. The molecule has 0 bridgehead atoms. The number of rotatable bonds is 2. The van der Waals surface area contributed by atoms with Gasteiger partial charge in [0.15, 0.2) is 5.78 Å². The third-order valence-corrected chi connectivity index (χ3v) is 7.91. The molecule has 1 saturated heterocycles. The van der Waals surface area contributed by atoms with Crippen LogP contribution in [0.2, 0.25) is 0 Å². The minimum absolute atomic E-state index is 0.143. The lowest BCUT2D eigenvalue weighted by atomic mass is 9.59. The third kappa shape index (κ3) is 4.90. The predicted molar refractivity (Wildman–Crippen MR) is 133 cm³/mol. The van der Waals surface area contributed by atoms with Gasteiger partial charge in [-0.05, 0) is 54.7 Å². The molecule has 35 heavy (non-hydrogen) atoms. The van der Waals surface area contributed by atoms with Crippen LogP contribution in [0.5, 0.6) is 0 Å². The molecule has 0 aromatic heterocycles. The second kappa shape index (κ2) is 10.3. The number of carbonyl (C=O) groups is 3. The largest absolute Gasteiger partial charge is 0.445 e. The minimum atomic E-state index is -1.60. The molecule has 6 heteroatoms. The summed E-state index contributed by atoms with van der Waals surface area (Å²) in [5.74, 6) is -2.46. The van der Waals surface area contributed by atoms with E-state index in [1.807, 2.05) is 49.4 Å². The van der Waals surface area contributed by atoms with E-state index in [1.54, 1.807) is 0 Å². The van der Waals surface area contributed by atoms with E-state index < -0.39 is 35.4 Å². The second-order valence-corrected chi connectivity index (χ2v) is 10.3. The van der Waals surface area contributed by atoms with Crippen molar-refractivity contribution in [3.63, 3.8) is 0 Å². The van der Waals surface area contributed by atoms with Gasteiger partial charge in [-0.1, -0.05) is 62.9 Å². The number of ketones is 1. The van der Waals surface area contributed by atoms with Crippen LogP contribution in [0.4, 0.5) is 0 Å². The number of aliphatic hydroxyl groups excluding tert-OH is 1. The van der Waals surface area contributed by atoms with Crippen molar-refractivity contribution in [3.05, 3.63) is 72.4 Å². The standard InChI is InChI=1S/C29H35NO5/c1-18-9-7-13-22(31)15-16-25(32)35-29-23(14-8-10-18)27(33)20(3)19(2)26(29)24(30-28(29)34)17-21-11-5-4-6-12-21/h4-6,8,11-12,14-16,18-19,23-24,26-27,33H,3,7,9-10,13,17H2,1-2H3,(H,30,34)/t18-,19+,23-,24+,26+,27-,29-/m1/s1. The van der Waals surface area contributed by atoms with E-state index in [2.05, 4.69) is 18.8 Å². The van der Waals surface area contributed by atoms with Gasteiger partial charge in [0.2, 0.25) is 5.60 Å². The highest BCUT2D eigenvalue weighted by Crippen LogP contribution is 2.52. The van der Waals surface area contributed by atoms with Gasteiger partial charge in [-0.15, -0.1) is 0 Å². The zero-order chi connectivity index (χ0) is 25.2. The first-order valence-electron chi connectivity index (χ1n) is 12.6. The Bertz CT molecular complexity index is 1040. The molecule has 0 unspecified atom stereocenters. The van der Waals surface area contributed by atoms with Gasteiger partial charge in [-0.25, -0.2) is 4.79 Å². The van der Waals surface area contributed by atoms with Gasteiger partial charge in [-0.2, -0.15) is 0 Å². The molecule has 2 aliphatic heterocycles. The van der Waals surface area contributed by atoms with Crippen molar-refractivity contribution in [3.8, 4) is 0 Å². The summed E-state index contributed by atoms with van der Waals surface area (Å²) in [6.07, 6.45) is 8.39. The molecule has 4 rings (SSSR count). The Morgan fingerprint density at radius 3 is 2.63 bits per heavy atom. The molecular formula is C29H35NO5. The zero-order valence-electron chi connectivity index (χ0n) is 20.5. The SMILES string of the molecule is C=C1[C@@H](O)[C@H]2C=CC[C@H](C)CCCC(=O)C=CC(=O)O[C@]23C(=O)N[C@@H](Cc2ccccc2)[C@@H]3[C@H]1C. The van der Waals surface area contributed by atoms with Crippen LogP contribution in [0.25, 0.3) is 0 Å². The summed E-state index contributed by atoms with van der Waals surface area (Å²) < 4.78 is 6.01. The number of hydrogen-bond donors (Lipinski definition) is 2. The summed E-state index contributed by atoms with van der Waals surface area (Å²) in [4.78, 5) is 38.9. The zero-order valence-corrected chi connectivity index (χ0v) is 20.5. The number of nitrogens with one attached hydrogen (secondary N) is 1. The van der Waals surface area contributed by atoms with Crippen molar-refractivity contribution in [1.82, 2.24) is 5.32 Å².